The van der Waals surface area contributed by atoms with Crippen molar-refractivity contribution in [3.63, 3.8) is 0 Å². The quantitative estimate of drug-likeness (QED) is 0.304. The molecule has 0 aromatic carbocycles. The van der Waals surface area contributed by atoms with Crippen molar-refractivity contribution in [1.29, 1.82) is 0 Å². The third-order valence-electron chi connectivity index (χ3n) is 2.36. The smallest absolute Gasteiger partial charge is 0.109 e. The van der Waals surface area contributed by atoms with Gasteiger partial charge in [-0.1, -0.05) is 0 Å². The molecule has 1 aliphatic rings. The Balaban J connectivity index is 2.63. The van der Waals surface area contributed by atoms with Crippen molar-refractivity contribution in [2.24, 2.45) is 5.92 Å². The maximum Gasteiger partial charge on any atom is 0.109 e. The first kappa shape index (κ1) is 9.88. The highest BCUT2D eigenvalue weighted by atomic mass is 16.4. The minimum Gasteiger partial charge on any atom is -0.396 e. The topological polar surface area (TPSA) is 101 Å². The Morgan fingerprint density at radius 3 is 2.00 bits per heavy atom. The van der Waals surface area contributed by atoms with Gasteiger partial charge >= 0.3 is 0 Å². The Morgan fingerprint density at radius 1 is 0.917 bits per heavy atom. The van der Waals surface area contributed by atoms with Gasteiger partial charge in [0.2, 0.25) is 0 Å². The molecule has 1 aliphatic carbocycles. The highest BCUT2D eigenvalue weighted by molar-refractivity contribution is 4.91. The van der Waals surface area contributed by atoms with Gasteiger partial charge in [-0.2, -0.15) is 0 Å². The summed E-state index contributed by atoms with van der Waals surface area (Å²) in [5, 5.41) is 45.3. The van der Waals surface area contributed by atoms with Crippen molar-refractivity contribution in [1.82, 2.24) is 0 Å². The predicted molar refractivity (Wildman–Crippen MR) is 39.2 cm³/mol. The Hall–Kier alpha value is -0.200. The number of aliphatic hydroxyl groups is 5. The number of hydrogen-bond acceptors (Lipinski definition) is 5. The van der Waals surface area contributed by atoms with Gasteiger partial charge in [0.15, 0.2) is 0 Å². The minimum absolute atomic E-state index is 0.107. The van der Waals surface area contributed by atoms with E-state index in [4.69, 9.17) is 20.4 Å². The molecule has 5 N–H and O–H groups in total. The molecular formula is C7H14O5. The van der Waals surface area contributed by atoms with E-state index in [1.54, 1.807) is 0 Å². The van der Waals surface area contributed by atoms with E-state index >= 15 is 0 Å². The highest BCUT2D eigenvalue weighted by Gasteiger charge is 2.41. The van der Waals surface area contributed by atoms with Crippen LogP contribution in [-0.4, -0.2) is 56.6 Å². The van der Waals surface area contributed by atoms with Crippen LogP contribution >= 0.6 is 0 Å². The van der Waals surface area contributed by atoms with Crippen LogP contribution in [0.25, 0.3) is 0 Å². The molecule has 1 fully saturated rings. The molecule has 72 valence electrons. The molecule has 5 atom stereocenters. The zero-order valence-corrected chi connectivity index (χ0v) is 6.54. The molecular weight excluding hydrogens is 164 g/mol. The van der Waals surface area contributed by atoms with E-state index < -0.39 is 30.3 Å². The van der Waals surface area contributed by atoms with Crippen LogP contribution < -0.4 is 0 Å². The first-order valence-electron chi connectivity index (χ1n) is 3.91. The molecule has 1 saturated carbocycles. The fourth-order valence-corrected chi connectivity index (χ4v) is 1.48. The Bertz CT molecular complexity index is 146. The highest BCUT2D eigenvalue weighted by Crippen LogP contribution is 2.25. The zero-order valence-electron chi connectivity index (χ0n) is 6.54. The molecule has 0 spiro atoms. The molecule has 0 saturated heterocycles. The normalized spacial score (nSPS) is 49.2. The number of aliphatic hydroxyl groups excluding tert-OH is 5. The summed E-state index contributed by atoms with van der Waals surface area (Å²) >= 11 is 0. The fraction of sp³-hybridized carbons (Fsp3) is 1.00. The van der Waals surface area contributed by atoms with Gasteiger partial charge in [0.05, 0.1) is 12.2 Å². The third kappa shape index (κ3) is 1.60. The van der Waals surface area contributed by atoms with Gasteiger partial charge in [0.1, 0.15) is 12.2 Å². The van der Waals surface area contributed by atoms with Crippen LogP contribution in [0.1, 0.15) is 6.42 Å². The van der Waals surface area contributed by atoms with E-state index in [1.807, 2.05) is 0 Å². The standard InChI is InChI=1S/C7H14O5/c8-2-3-1-4(9)6(11)7(12)5(3)10/h3-12H,1-2H2/t3-,4-,5-,6-,7-/m0/s1. The average Bonchev–Trinajstić information content (AvgIpc) is 2.08. The molecule has 5 heteroatoms. The maximum absolute atomic E-state index is 9.24. The van der Waals surface area contributed by atoms with Gasteiger partial charge in [-0.3, -0.25) is 0 Å². The second-order valence-electron chi connectivity index (χ2n) is 3.22. The van der Waals surface area contributed by atoms with E-state index in [0.29, 0.717) is 0 Å². The van der Waals surface area contributed by atoms with Crippen LogP contribution in [0.15, 0.2) is 0 Å². The monoisotopic (exact) mass is 178 g/mol. The van der Waals surface area contributed by atoms with Crippen molar-refractivity contribution < 1.29 is 25.5 Å². The fourth-order valence-electron chi connectivity index (χ4n) is 1.48. The lowest BCUT2D eigenvalue weighted by Crippen LogP contribution is -2.54. The minimum atomic E-state index is -1.37. The van der Waals surface area contributed by atoms with Crippen molar-refractivity contribution in [3.8, 4) is 0 Å². The summed E-state index contributed by atoms with van der Waals surface area (Å²) in [6, 6.07) is 0. The van der Waals surface area contributed by atoms with Gasteiger partial charge in [-0.05, 0) is 6.42 Å². The first-order valence-corrected chi connectivity index (χ1v) is 3.91. The van der Waals surface area contributed by atoms with Crippen molar-refractivity contribution in [3.05, 3.63) is 0 Å². The van der Waals surface area contributed by atoms with E-state index in [0.717, 1.165) is 0 Å². The predicted octanol–water partition coefficient (Wildman–Crippen LogP) is -2.56. The lowest BCUT2D eigenvalue weighted by molar-refractivity contribution is -0.163. The summed E-state index contributed by atoms with van der Waals surface area (Å²) in [5.74, 6) is -0.557. The molecule has 0 aliphatic heterocycles. The zero-order chi connectivity index (χ0) is 9.30. The van der Waals surface area contributed by atoms with E-state index in [-0.39, 0.29) is 13.0 Å². The second-order valence-corrected chi connectivity index (χ2v) is 3.22. The van der Waals surface area contributed by atoms with E-state index in [2.05, 4.69) is 0 Å². The molecule has 0 radical (unpaired) electrons. The molecule has 1 rings (SSSR count). The van der Waals surface area contributed by atoms with E-state index in [9.17, 15) is 5.11 Å². The van der Waals surface area contributed by atoms with Crippen molar-refractivity contribution in [2.45, 2.75) is 30.8 Å². The molecule has 0 aromatic heterocycles. The van der Waals surface area contributed by atoms with Gasteiger partial charge in [-0.25, -0.2) is 0 Å². The molecule has 0 unspecified atom stereocenters. The van der Waals surface area contributed by atoms with Crippen LogP contribution in [0.2, 0.25) is 0 Å². The summed E-state index contributed by atoms with van der Waals surface area (Å²) in [4.78, 5) is 0. The lowest BCUT2D eigenvalue weighted by atomic mass is 9.81. The van der Waals surface area contributed by atoms with Crippen LogP contribution in [-0.2, 0) is 0 Å². The van der Waals surface area contributed by atoms with Gasteiger partial charge < -0.3 is 25.5 Å². The molecule has 12 heavy (non-hydrogen) atoms. The first-order chi connectivity index (χ1) is 5.57. The Labute approximate surface area is 69.9 Å². The van der Waals surface area contributed by atoms with Gasteiger partial charge in [-0.15, -0.1) is 0 Å². The molecule has 0 bridgehead atoms. The maximum atomic E-state index is 9.24. The Morgan fingerprint density at radius 2 is 1.50 bits per heavy atom. The summed E-state index contributed by atoms with van der Waals surface area (Å²) < 4.78 is 0. The third-order valence-corrected chi connectivity index (χ3v) is 2.36. The van der Waals surface area contributed by atoms with Crippen molar-refractivity contribution in [2.75, 3.05) is 6.61 Å². The molecule has 0 aromatic rings. The van der Waals surface area contributed by atoms with Gasteiger partial charge in [0, 0.05) is 12.5 Å². The molecule has 0 heterocycles. The van der Waals surface area contributed by atoms with Gasteiger partial charge in [0.25, 0.3) is 0 Å². The van der Waals surface area contributed by atoms with Crippen molar-refractivity contribution >= 4 is 0 Å². The van der Waals surface area contributed by atoms with Crippen LogP contribution in [0.4, 0.5) is 0 Å². The number of rotatable bonds is 1. The lowest BCUT2D eigenvalue weighted by Gasteiger charge is -2.37. The summed E-state index contributed by atoms with van der Waals surface area (Å²) in [6.07, 6.45) is -4.81. The average molecular weight is 178 g/mol. The molecule has 0 amide bonds. The second kappa shape index (κ2) is 3.68. The number of hydrogen-bond donors (Lipinski definition) is 5. The van der Waals surface area contributed by atoms with Crippen LogP contribution in [0.3, 0.4) is 0 Å². The summed E-state index contributed by atoms with van der Waals surface area (Å²) in [5.41, 5.74) is 0. The Kier molecular flexibility index (Phi) is 3.03. The SMILES string of the molecule is OC[C@@H]1C[C@H](O)[C@H](O)[C@@H](O)[C@H]1O. The summed E-state index contributed by atoms with van der Waals surface area (Å²) in [6.45, 7) is -0.304. The van der Waals surface area contributed by atoms with Crippen LogP contribution in [0.5, 0.6) is 0 Å². The largest absolute Gasteiger partial charge is 0.396 e. The summed E-state index contributed by atoms with van der Waals surface area (Å²) in [7, 11) is 0. The molecule has 5 nitrogen and oxygen atoms in total. The van der Waals surface area contributed by atoms with Crippen LogP contribution in [0, 0.1) is 5.92 Å². The van der Waals surface area contributed by atoms with E-state index in [1.165, 1.54) is 0 Å².